The topological polar surface area (TPSA) is 17.1 Å². The van der Waals surface area contributed by atoms with Crippen LogP contribution in [0.25, 0.3) is 20.2 Å². The van der Waals surface area contributed by atoms with Gasteiger partial charge in [0.1, 0.15) is 0 Å². The van der Waals surface area contributed by atoms with Crippen LogP contribution >= 0.6 is 11.3 Å². The molecule has 0 fully saturated rings. The lowest BCUT2D eigenvalue weighted by Crippen LogP contribution is -1.89. The van der Waals surface area contributed by atoms with Gasteiger partial charge in [-0.2, -0.15) is 0 Å². The fourth-order valence-corrected chi connectivity index (χ4v) is 3.29. The van der Waals surface area contributed by atoms with Crippen LogP contribution < -0.4 is 0 Å². The Morgan fingerprint density at radius 2 is 1.74 bits per heavy atom. The van der Waals surface area contributed by atoms with E-state index in [9.17, 15) is 4.79 Å². The quantitative estimate of drug-likeness (QED) is 0.462. The Bertz CT molecular complexity index is 859. The third-order valence-electron chi connectivity index (χ3n) is 3.15. The van der Waals surface area contributed by atoms with E-state index in [0.717, 1.165) is 16.5 Å². The molecule has 0 aliphatic heterocycles. The lowest BCUT2D eigenvalue weighted by Gasteiger charge is -1.97. The van der Waals surface area contributed by atoms with Gasteiger partial charge in [-0.15, -0.1) is 17.3 Å². The molecule has 0 saturated carbocycles. The molecule has 2 heteroatoms. The van der Waals surface area contributed by atoms with Gasteiger partial charge in [0.15, 0.2) is 5.78 Å². The summed E-state index contributed by atoms with van der Waals surface area (Å²) in [6, 6.07) is 12.2. The first kappa shape index (κ1) is 12.0. The number of hydrogen-bond donors (Lipinski definition) is 0. The van der Waals surface area contributed by atoms with Crippen molar-refractivity contribution in [2.24, 2.45) is 0 Å². The highest BCUT2D eigenvalue weighted by atomic mass is 32.1. The molecule has 1 nitrogen and oxygen atoms in total. The average Bonchev–Trinajstić information content (AvgIpc) is 2.76. The van der Waals surface area contributed by atoms with Gasteiger partial charge in [0.05, 0.1) is 0 Å². The number of carbonyl (C=O) groups excluding carboxylic acids is 1. The van der Waals surface area contributed by atoms with Gasteiger partial charge in [-0.25, -0.2) is 0 Å². The summed E-state index contributed by atoms with van der Waals surface area (Å²) in [5.41, 5.74) is 1.78. The van der Waals surface area contributed by atoms with Gasteiger partial charge in [-0.3, -0.25) is 4.79 Å². The highest BCUT2D eigenvalue weighted by molar-refractivity contribution is 7.25. The van der Waals surface area contributed by atoms with Crippen LogP contribution in [0.1, 0.15) is 29.8 Å². The van der Waals surface area contributed by atoms with E-state index in [0.29, 0.717) is 0 Å². The number of fused-ring (bicyclic) bond motifs is 3. The fourth-order valence-electron chi connectivity index (χ4n) is 2.22. The third-order valence-corrected chi connectivity index (χ3v) is 4.30. The summed E-state index contributed by atoms with van der Waals surface area (Å²) < 4.78 is 2.44. The minimum atomic E-state index is 0.103. The van der Waals surface area contributed by atoms with Crippen LogP contribution in [-0.4, -0.2) is 5.78 Å². The normalized spacial score (nSPS) is 10.4. The Balaban J connectivity index is 2.36. The zero-order valence-electron chi connectivity index (χ0n) is 10.8. The standard InChI is InChI=1S/C17H12OS/c1-3-4-12-5-7-16-14(9-12)15-10-13(11(2)18)6-8-17(15)19-16/h5-10H,1-2H3. The van der Waals surface area contributed by atoms with Gasteiger partial charge in [-0.05, 0) is 50.2 Å². The zero-order chi connectivity index (χ0) is 13.4. The van der Waals surface area contributed by atoms with Gasteiger partial charge in [0, 0.05) is 31.3 Å². The van der Waals surface area contributed by atoms with E-state index >= 15 is 0 Å². The van der Waals surface area contributed by atoms with Crippen LogP contribution in [-0.2, 0) is 0 Å². The smallest absolute Gasteiger partial charge is 0.159 e. The Morgan fingerprint density at radius 3 is 2.42 bits per heavy atom. The molecular formula is C17H12OS. The van der Waals surface area contributed by atoms with Crippen molar-refractivity contribution in [1.29, 1.82) is 0 Å². The van der Waals surface area contributed by atoms with Crippen molar-refractivity contribution in [1.82, 2.24) is 0 Å². The van der Waals surface area contributed by atoms with Crippen molar-refractivity contribution in [3.8, 4) is 11.8 Å². The van der Waals surface area contributed by atoms with E-state index in [2.05, 4.69) is 24.0 Å². The minimum absolute atomic E-state index is 0.103. The molecule has 0 saturated heterocycles. The summed E-state index contributed by atoms with van der Waals surface area (Å²) in [6.07, 6.45) is 0. The minimum Gasteiger partial charge on any atom is -0.295 e. The maximum Gasteiger partial charge on any atom is 0.159 e. The molecule has 1 heterocycles. The molecule has 0 amide bonds. The van der Waals surface area contributed by atoms with Crippen molar-refractivity contribution in [2.45, 2.75) is 13.8 Å². The molecule has 0 atom stereocenters. The van der Waals surface area contributed by atoms with Crippen LogP contribution in [0.3, 0.4) is 0 Å². The summed E-state index contributed by atoms with van der Waals surface area (Å²) in [5, 5.41) is 2.33. The molecule has 2 aromatic carbocycles. The molecule has 3 rings (SSSR count). The summed E-state index contributed by atoms with van der Waals surface area (Å²) in [4.78, 5) is 11.5. The first-order valence-corrected chi connectivity index (χ1v) is 6.90. The van der Waals surface area contributed by atoms with Crippen LogP contribution in [0.2, 0.25) is 0 Å². The van der Waals surface area contributed by atoms with Gasteiger partial charge in [0.25, 0.3) is 0 Å². The Kier molecular flexibility index (Phi) is 2.85. The molecule has 0 N–H and O–H groups in total. The van der Waals surface area contributed by atoms with Crippen LogP contribution in [0.15, 0.2) is 36.4 Å². The van der Waals surface area contributed by atoms with E-state index in [1.807, 2.05) is 31.2 Å². The molecule has 0 aliphatic rings. The summed E-state index contributed by atoms with van der Waals surface area (Å²) in [5.74, 6) is 6.10. The Morgan fingerprint density at radius 1 is 1.05 bits per heavy atom. The molecule has 0 aliphatic carbocycles. The third kappa shape index (κ3) is 2.03. The number of benzene rings is 2. The second-order valence-electron chi connectivity index (χ2n) is 4.46. The van der Waals surface area contributed by atoms with Crippen molar-refractivity contribution in [2.75, 3.05) is 0 Å². The number of rotatable bonds is 1. The second-order valence-corrected chi connectivity index (χ2v) is 5.54. The summed E-state index contributed by atoms with van der Waals surface area (Å²) >= 11 is 1.75. The van der Waals surface area contributed by atoms with Crippen molar-refractivity contribution in [3.05, 3.63) is 47.5 Å². The van der Waals surface area contributed by atoms with Gasteiger partial charge in [0.2, 0.25) is 0 Å². The number of Topliss-reactive ketones (excluding diaryl/α,β-unsaturated/α-hetero) is 1. The zero-order valence-corrected chi connectivity index (χ0v) is 11.6. The number of ketones is 1. The van der Waals surface area contributed by atoms with Gasteiger partial charge in [-0.1, -0.05) is 5.92 Å². The molecular weight excluding hydrogens is 252 g/mol. The summed E-state index contributed by atoms with van der Waals surface area (Å²) in [7, 11) is 0. The predicted octanol–water partition coefficient (Wildman–Crippen LogP) is 4.63. The van der Waals surface area contributed by atoms with E-state index in [4.69, 9.17) is 0 Å². The van der Waals surface area contributed by atoms with Gasteiger partial charge < -0.3 is 0 Å². The maximum atomic E-state index is 11.5. The Labute approximate surface area is 115 Å². The van der Waals surface area contributed by atoms with Crippen molar-refractivity contribution in [3.63, 3.8) is 0 Å². The average molecular weight is 264 g/mol. The molecule has 19 heavy (non-hydrogen) atoms. The van der Waals surface area contributed by atoms with E-state index in [1.54, 1.807) is 18.3 Å². The first-order chi connectivity index (χ1) is 9.19. The largest absolute Gasteiger partial charge is 0.295 e. The monoisotopic (exact) mass is 264 g/mol. The maximum absolute atomic E-state index is 11.5. The number of thiophene rings is 1. The molecule has 0 spiro atoms. The first-order valence-electron chi connectivity index (χ1n) is 6.09. The lowest BCUT2D eigenvalue weighted by atomic mass is 10.1. The lowest BCUT2D eigenvalue weighted by molar-refractivity contribution is 0.101. The van der Waals surface area contributed by atoms with Crippen molar-refractivity contribution >= 4 is 37.3 Å². The fraction of sp³-hybridized carbons (Fsp3) is 0.118. The van der Waals surface area contributed by atoms with Gasteiger partial charge >= 0.3 is 0 Å². The van der Waals surface area contributed by atoms with Crippen LogP contribution in [0.5, 0.6) is 0 Å². The van der Waals surface area contributed by atoms with Crippen LogP contribution in [0.4, 0.5) is 0 Å². The number of carbonyl (C=O) groups is 1. The van der Waals surface area contributed by atoms with Crippen molar-refractivity contribution < 1.29 is 4.79 Å². The SMILES string of the molecule is CC#Cc1ccc2sc3ccc(C(C)=O)cc3c2c1. The highest BCUT2D eigenvalue weighted by Crippen LogP contribution is 2.34. The van der Waals surface area contributed by atoms with Crippen LogP contribution in [0, 0.1) is 11.8 Å². The molecule has 92 valence electrons. The molecule has 0 bridgehead atoms. The highest BCUT2D eigenvalue weighted by Gasteiger charge is 2.08. The van der Waals surface area contributed by atoms with E-state index < -0.39 is 0 Å². The van der Waals surface area contributed by atoms with E-state index in [-0.39, 0.29) is 5.78 Å². The summed E-state index contributed by atoms with van der Waals surface area (Å²) in [6.45, 7) is 3.44. The second kappa shape index (κ2) is 4.53. The predicted molar refractivity (Wildman–Crippen MR) is 81.9 cm³/mol. The molecule has 0 radical (unpaired) electrons. The molecule has 1 aromatic heterocycles. The Hall–Kier alpha value is -2.11. The molecule has 0 unspecified atom stereocenters. The number of hydrogen-bond acceptors (Lipinski definition) is 2. The van der Waals surface area contributed by atoms with E-state index in [1.165, 1.54) is 14.8 Å². The molecule has 3 aromatic rings.